The Morgan fingerprint density at radius 2 is 1.23 bits per heavy atom. The van der Waals surface area contributed by atoms with Crippen LogP contribution in [0.1, 0.15) is 26.7 Å². The fraction of sp³-hybridized carbons (Fsp3) is 0.571. The number of hydrogen-bond acceptors (Lipinski definition) is 7. The average molecular weight is 334 g/mol. The van der Waals surface area contributed by atoms with E-state index in [0.717, 1.165) is 0 Å². The van der Waals surface area contributed by atoms with Gasteiger partial charge in [0.2, 0.25) is 0 Å². The van der Waals surface area contributed by atoms with E-state index in [1.165, 1.54) is 0 Å². The first-order valence-corrected chi connectivity index (χ1v) is 7.87. The minimum absolute atomic E-state index is 0.186. The first-order chi connectivity index (χ1) is 10.3. The molecule has 0 amide bonds. The number of rotatable bonds is 12. The van der Waals surface area contributed by atoms with Crippen LogP contribution >= 0.6 is 8.60 Å². The minimum atomic E-state index is -1.99. The third-order valence-corrected chi connectivity index (χ3v) is 2.95. The van der Waals surface area contributed by atoms with Crippen LogP contribution in [0.2, 0.25) is 0 Å². The van der Waals surface area contributed by atoms with Crippen LogP contribution in [0.25, 0.3) is 0 Å². The topological polar surface area (TPSA) is 91.3 Å². The van der Waals surface area contributed by atoms with Gasteiger partial charge in [-0.25, -0.2) is 9.59 Å². The SMILES string of the molecule is C=C(C)C(=O)OCCCOP(O)OCCCOC(=O)C(=C)C. The largest absolute Gasteiger partial charge is 0.462 e. The van der Waals surface area contributed by atoms with Crippen molar-refractivity contribution in [3.63, 3.8) is 0 Å². The Kier molecular flexibility index (Phi) is 11.6. The van der Waals surface area contributed by atoms with E-state index in [4.69, 9.17) is 18.5 Å². The van der Waals surface area contributed by atoms with Gasteiger partial charge in [0.1, 0.15) is 0 Å². The van der Waals surface area contributed by atoms with Gasteiger partial charge in [-0.05, 0) is 13.8 Å². The van der Waals surface area contributed by atoms with Crippen molar-refractivity contribution in [3.8, 4) is 0 Å². The second kappa shape index (κ2) is 12.3. The zero-order chi connectivity index (χ0) is 17.0. The van der Waals surface area contributed by atoms with Crippen molar-refractivity contribution in [2.75, 3.05) is 26.4 Å². The Balaban J connectivity index is 3.45. The van der Waals surface area contributed by atoms with Crippen LogP contribution in [-0.4, -0.2) is 43.3 Å². The van der Waals surface area contributed by atoms with Crippen LogP contribution in [0.4, 0.5) is 0 Å². The molecule has 0 aliphatic carbocycles. The molecule has 0 spiro atoms. The average Bonchev–Trinajstić information content (AvgIpc) is 2.45. The van der Waals surface area contributed by atoms with Crippen LogP contribution in [0, 0.1) is 0 Å². The summed E-state index contributed by atoms with van der Waals surface area (Å²) in [5, 5.41) is 0. The molecule has 0 aromatic heterocycles. The molecule has 7 nitrogen and oxygen atoms in total. The van der Waals surface area contributed by atoms with E-state index >= 15 is 0 Å². The number of ether oxygens (including phenoxy) is 2. The van der Waals surface area contributed by atoms with Crippen molar-refractivity contribution in [1.82, 2.24) is 0 Å². The van der Waals surface area contributed by atoms with Crippen molar-refractivity contribution in [2.45, 2.75) is 26.7 Å². The molecule has 0 fully saturated rings. The van der Waals surface area contributed by atoms with E-state index < -0.39 is 20.5 Å². The molecule has 0 rings (SSSR count). The maximum Gasteiger partial charge on any atom is 0.333 e. The van der Waals surface area contributed by atoms with E-state index in [0.29, 0.717) is 24.0 Å². The van der Waals surface area contributed by atoms with Gasteiger partial charge in [0.15, 0.2) is 0 Å². The molecule has 1 N–H and O–H groups in total. The van der Waals surface area contributed by atoms with E-state index in [2.05, 4.69) is 13.2 Å². The molecule has 0 saturated carbocycles. The van der Waals surface area contributed by atoms with Gasteiger partial charge in [0.25, 0.3) is 0 Å². The lowest BCUT2D eigenvalue weighted by molar-refractivity contribution is -0.140. The molecule has 0 unspecified atom stereocenters. The molecule has 22 heavy (non-hydrogen) atoms. The number of carbonyl (C=O) groups is 2. The summed E-state index contributed by atoms with van der Waals surface area (Å²) >= 11 is 0. The highest BCUT2D eigenvalue weighted by Gasteiger charge is 2.08. The fourth-order valence-electron chi connectivity index (χ4n) is 1.02. The molecule has 0 aromatic rings. The molecule has 0 saturated heterocycles. The van der Waals surface area contributed by atoms with E-state index in [1.807, 2.05) is 0 Å². The number of carbonyl (C=O) groups excluding carboxylic acids is 2. The van der Waals surface area contributed by atoms with Gasteiger partial charge >= 0.3 is 20.5 Å². The van der Waals surface area contributed by atoms with E-state index in [1.54, 1.807) is 13.8 Å². The molecule has 0 aromatic carbocycles. The Labute approximate surface area is 131 Å². The first kappa shape index (κ1) is 20.7. The van der Waals surface area contributed by atoms with Gasteiger partial charge in [-0.3, -0.25) is 0 Å². The third kappa shape index (κ3) is 11.4. The Morgan fingerprint density at radius 3 is 1.55 bits per heavy atom. The first-order valence-electron chi connectivity index (χ1n) is 6.74. The quantitative estimate of drug-likeness (QED) is 0.253. The van der Waals surface area contributed by atoms with Crippen molar-refractivity contribution in [1.29, 1.82) is 0 Å². The summed E-state index contributed by atoms with van der Waals surface area (Å²) in [7, 11) is -1.99. The molecule has 0 radical (unpaired) electrons. The van der Waals surface area contributed by atoms with E-state index in [-0.39, 0.29) is 26.4 Å². The van der Waals surface area contributed by atoms with Gasteiger partial charge in [0.05, 0.1) is 26.4 Å². The zero-order valence-electron chi connectivity index (χ0n) is 13.0. The maximum absolute atomic E-state index is 11.1. The van der Waals surface area contributed by atoms with Crippen molar-refractivity contribution in [3.05, 3.63) is 24.3 Å². The fourth-order valence-corrected chi connectivity index (χ4v) is 1.66. The Bertz CT molecular complexity index is 359. The van der Waals surface area contributed by atoms with Gasteiger partial charge in [-0.15, -0.1) is 0 Å². The predicted octanol–water partition coefficient (Wildman–Crippen LogP) is 2.26. The molecule has 126 valence electrons. The summed E-state index contributed by atoms with van der Waals surface area (Å²) < 4.78 is 19.7. The van der Waals surface area contributed by atoms with Gasteiger partial charge in [0, 0.05) is 24.0 Å². The van der Waals surface area contributed by atoms with E-state index in [9.17, 15) is 14.5 Å². The summed E-state index contributed by atoms with van der Waals surface area (Å²) in [6.07, 6.45) is 0.885. The molecule has 0 aliphatic heterocycles. The Morgan fingerprint density at radius 1 is 0.864 bits per heavy atom. The van der Waals surface area contributed by atoms with Crippen LogP contribution in [0.5, 0.6) is 0 Å². The summed E-state index contributed by atoms with van der Waals surface area (Å²) in [6.45, 7) is 10.8. The van der Waals surface area contributed by atoms with Crippen LogP contribution in [0.15, 0.2) is 24.3 Å². The lowest BCUT2D eigenvalue weighted by Crippen LogP contribution is -2.08. The lowest BCUT2D eigenvalue weighted by atomic mass is 10.4. The third-order valence-electron chi connectivity index (χ3n) is 2.14. The zero-order valence-corrected chi connectivity index (χ0v) is 13.9. The van der Waals surface area contributed by atoms with Crippen molar-refractivity contribution in [2.24, 2.45) is 0 Å². The Hall–Kier alpha value is -1.27. The standard InChI is InChI=1S/C14H23O7P/c1-11(2)13(15)18-7-5-9-20-22(17)21-10-6-8-19-14(16)12(3)4/h17H,1,3,5-10H2,2,4H3. The highest BCUT2D eigenvalue weighted by Crippen LogP contribution is 2.32. The molecular formula is C14H23O7P. The van der Waals surface area contributed by atoms with Crippen molar-refractivity contribution < 1.29 is 33.0 Å². The van der Waals surface area contributed by atoms with Crippen LogP contribution < -0.4 is 0 Å². The van der Waals surface area contributed by atoms with Gasteiger partial charge in [-0.2, -0.15) is 0 Å². The second-order valence-electron chi connectivity index (χ2n) is 4.44. The van der Waals surface area contributed by atoms with Gasteiger partial charge in [-0.1, -0.05) is 13.2 Å². The van der Waals surface area contributed by atoms with Crippen molar-refractivity contribution >= 4 is 20.5 Å². The van der Waals surface area contributed by atoms with Gasteiger partial charge < -0.3 is 23.4 Å². The highest BCUT2D eigenvalue weighted by molar-refractivity contribution is 7.40. The summed E-state index contributed by atoms with van der Waals surface area (Å²) in [5.41, 5.74) is 0.669. The number of esters is 2. The molecule has 0 heterocycles. The van der Waals surface area contributed by atoms with Crippen LogP contribution in [-0.2, 0) is 28.1 Å². The molecule has 0 aliphatic rings. The normalized spacial score (nSPS) is 10.4. The minimum Gasteiger partial charge on any atom is -0.462 e. The second-order valence-corrected chi connectivity index (χ2v) is 5.44. The van der Waals surface area contributed by atoms with Crippen LogP contribution in [0.3, 0.4) is 0 Å². The molecule has 0 atom stereocenters. The maximum atomic E-state index is 11.1. The lowest BCUT2D eigenvalue weighted by Gasteiger charge is -2.11. The summed E-state index contributed by atoms with van der Waals surface area (Å²) in [5.74, 6) is -0.904. The smallest absolute Gasteiger partial charge is 0.333 e. The molecule has 0 bridgehead atoms. The highest BCUT2D eigenvalue weighted by atomic mass is 31.2. The summed E-state index contributed by atoms with van der Waals surface area (Å²) in [4.78, 5) is 31.5. The monoisotopic (exact) mass is 334 g/mol. The predicted molar refractivity (Wildman–Crippen MR) is 81.8 cm³/mol. The molecule has 8 heteroatoms. The summed E-state index contributed by atoms with van der Waals surface area (Å²) in [6, 6.07) is 0. The molecular weight excluding hydrogens is 311 g/mol. The number of hydrogen-bond donors (Lipinski definition) is 1.